The van der Waals surface area contributed by atoms with E-state index in [1.165, 1.54) is 0 Å². The Labute approximate surface area is 177 Å². The van der Waals surface area contributed by atoms with E-state index in [0.29, 0.717) is 11.5 Å². The standard InChI is InChI=1S/C21H27BrO5S/c1-15-4-10-18(11-5-15)28(25)13-19(23)20(22)21(2,24)14-27-12-16-6-8-17(26-3)9-7-16/h4-11,19-20,23-24H,12-14H2,1-3H3/t19-,20+,21+,28?/m1/s1. The lowest BCUT2D eigenvalue weighted by molar-refractivity contribution is -0.0554. The molecule has 0 radical (unpaired) electrons. The Morgan fingerprint density at radius 3 is 2.32 bits per heavy atom. The van der Waals surface area contributed by atoms with Gasteiger partial charge in [-0.15, -0.1) is 0 Å². The van der Waals surface area contributed by atoms with E-state index in [1.54, 1.807) is 26.2 Å². The van der Waals surface area contributed by atoms with Crippen LogP contribution in [0.25, 0.3) is 0 Å². The SMILES string of the molecule is COc1ccc(COC[C@](C)(O)[C@@H](Br)[C@H](O)CS(=O)c2ccc(C)cc2)cc1. The monoisotopic (exact) mass is 470 g/mol. The van der Waals surface area contributed by atoms with Crippen molar-refractivity contribution in [2.24, 2.45) is 0 Å². The summed E-state index contributed by atoms with van der Waals surface area (Å²) in [6.07, 6.45) is -0.998. The van der Waals surface area contributed by atoms with Gasteiger partial charge in [0.1, 0.15) is 11.4 Å². The largest absolute Gasteiger partial charge is 0.497 e. The molecule has 0 heterocycles. The molecule has 0 spiro atoms. The predicted molar refractivity (Wildman–Crippen MR) is 114 cm³/mol. The normalized spacial score (nSPS) is 16.8. The van der Waals surface area contributed by atoms with Crippen molar-refractivity contribution in [3.8, 4) is 5.75 Å². The summed E-state index contributed by atoms with van der Waals surface area (Å²) in [7, 11) is 0.248. The second-order valence-corrected chi connectivity index (χ2v) is 9.47. The van der Waals surface area contributed by atoms with Gasteiger partial charge in [0.25, 0.3) is 0 Å². The van der Waals surface area contributed by atoms with E-state index in [2.05, 4.69) is 15.9 Å². The molecule has 2 N–H and O–H groups in total. The highest BCUT2D eigenvalue weighted by atomic mass is 79.9. The lowest BCUT2D eigenvalue weighted by atomic mass is 10.00. The molecule has 5 nitrogen and oxygen atoms in total. The Hall–Kier alpha value is -1.25. The first-order valence-electron chi connectivity index (χ1n) is 8.93. The van der Waals surface area contributed by atoms with Crippen LogP contribution in [0, 0.1) is 6.92 Å². The average Bonchev–Trinajstić information content (AvgIpc) is 2.68. The van der Waals surface area contributed by atoms with Gasteiger partial charge in [0.05, 0.1) is 47.8 Å². The first-order valence-corrected chi connectivity index (χ1v) is 11.2. The van der Waals surface area contributed by atoms with Crippen molar-refractivity contribution in [3.05, 3.63) is 59.7 Å². The molecule has 0 fully saturated rings. The van der Waals surface area contributed by atoms with E-state index in [-0.39, 0.29) is 12.4 Å². The van der Waals surface area contributed by atoms with Crippen LogP contribution in [0.5, 0.6) is 5.75 Å². The van der Waals surface area contributed by atoms with Crippen LogP contribution in [0.1, 0.15) is 18.1 Å². The molecule has 0 aliphatic carbocycles. The van der Waals surface area contributed by atoms with Crippen LogP contribution in [0.2, 0.25) is 0 Å². The molecule has 2 aromatic carbocycles. The Bertz CT molecular complexity index is 761. The second kappa shape index (κ2) is 10.5. The highest BCUT2D eigenvalue weighted by molar-refractivity contribution is 9.09. The van der Waals surface area contributed by atoms with Crippen LogP contribution in [0.15, 0.2) is 53.4 Å². The van der Waals surface area contributed by atoms with Crippen LogP contribution >= 0.6 is 15.9 Å². The smallest absolute Gasteiger partial charge is 0.118 e. The number of rotatable bonds is 10. The Kier molecular flexibility index (Phi) is 8.64. The van der Waals surface area contributed by atoms with Crippen LogP contribution < -0.4 is 4.74 Å². The van der Waals surface area contributed by atoms with Gasteiger partial charge >= 0.3 is 0 Å². The average molecular weight is 471 g/mol. The maximum absolute atomic E-state index is 12.5. The van der Waals surface area contributed by atoms with E-state index in [0.717, 1.165) is 16.9 Å². The summed E-state index contributed by atoms with van der Waals surface area (Å²) in [6.45, 7) is 3.88. The number of aliphatic hydroxyl groups excluding tert-OH is 1. The minimum Gasteiger partial charge on any atom is -0.497 e. The molecule has 4 atom stereocenters. The molecule has 0 saturated carbocycles. The third-order valence-corrected chi connectivity index (χ3v) is 7.40. The molecule has 1 unspecified atom stereocenters. The van der Waals surface area contributed by atoms with E-state index in [9.17, 15) is 14.4 Å². The summed E-state index contributed by atoms with van der Waals surface area (Å²) in [4.78, 5) is -0.0370. The lowest BCUT2D eigenvalue weighted by Gasteiger charge is -2.31. The van der Waals surface area contributed by atoms with Crippen molar-refractivity contribution in [3.63, 3.8) is 0 Å². The summed E-state index contributed by atoms with van der Waals surface area (Å²) >= 11 is 3.35. The van der Waals surface area contributed by atoms with Gasteiger partial charge in [-0.05, 0) is 43.7 Å². The van der Waals surface area contributed by atoms with Gasteiger partial charge in [-0.1, -0.05) is 45.8 Å². The molecule has 0 aliphatic rings. The van der Waals surface area contributed by atoms with E-state index in [1.807, 2.05) is 43.3 Å². The number of alkyl halides is 1. The van der Waals surface area contributed by atoms with Crippen molar-refractivity contribution in [2.75, 3.05) is 19.5 Å². The summed E-state index contributed by atoms with van der Waals surface area (Å²) < 4.78 is 23.2. The first kappa shape index (κ1) is 23.0. The lowest BCUT2D eigenvalue weighted by Crippen LogP contribution is -2.48. The quantitative estimate of drug-likeness (QED) is 0.521. The molecule has 0 amide bonds. The molecule has 28 heavy (non-hydrogen) atoms. The number of aliphatic hydroxyl groups is 2. The molecule has 0 aromatic heterocycles. The van der Waals surface area contributed by atoms with Gasteiger partial charge < -0.3 is 19.7 Å². The zero-order valence-electron chi connectivity index (χ0n) is 16.3. The molecule has 2 aromatic rings. The minimum absolute atomic E-state index is 0.0170. The number of halogens is 1. The number of ether oxygens (including phenoxy) is 2. The fourth-order valence-electron chi connectivity index (χ4n) is 2.62. The van der Waals surface area contributed by atoms with Gasteiger partial charge in [0.15, 0.2) is 0 Å². The Balaban J connectivity index is 1.86. The maximum atomic E-state index is 12.5. The summed E-state index contributed by atoms with van der Waals surface area (Å²) in [5.74, 6) is 0.786. The van der Waals surface area contributed by atoms with E-state index >= 15 is 0 Å². The second-order valence-electron chi connectivity index (χ2n) is 6.99. The van der Waals surface area contributed by atoms with Crippen LogP contribution in [0.3, 0.4) is 0 Å². The van der Waals surface area contributed by atoms with Crippen molar-refractivity contribution in [1.29, 1.82) is 0 Å². The molecule has 0 saturated heterocycles. The Morgan fingerprint density at radius 1 is 1.14 bits per heavy atom. The molecule has 154 valence electrons. The summed E-state index contributed by atoms with van der Waals surface area (Å²) in [6, 6.07) is 14.8. The topological polar surface area (TPSA) is 76.0 Å². The molecule has 0 aliphatic heterocycles. The highest BCUT2D eigenvalue weighted by Crippen LogP contribution is 2.24. The zero-order valence-corrected chi connectivity index (χ0v) is 18.7. The van der Waals surface area contributed by atoms with Gasteiger partial charge in [-0.3, -0.25) is 4.21 Å². The van der Waals surface area contributed by atoms with Crippen LogP contribution in [-0.2, 0) is 22.1 Å². The predicted octanol–water partition coefficient (Wildman–Crippen LogP) is 3.20. The van der Waals surface area contributed by atoms with E-state index < -0.39 is 27.3 Å². The fourth-order valence-corrected chi connectivity index (χ4v) is 4.32. The summed E-state index contributed by atoms with van der Waals surface area (Å²) in [5, 5.41) is 21.1. The maximum Gasteiger partial charge on any atom is 0.118 e. The minimum atomic E-state index is -1.36. The van der Waals surface area contributed by atoms with Crippen molar-refractivity contribution < 1.29 is 23.9 Å². The highest BCUT2D eigenvalue weighted by Gasteiger charge is 2.36. The van der Waals surface area contributed by atoms with Crippen molar-refractivity contribution in [1.82, 2.24) is 0 Å². The van der Waals surface area contributed by atoms with Crippen molar-refractivity contribution in [2.45, 2.75) is 41.9 Å². The molecular formula is C21H27BrO5S. The number of hydrogen-bond donors (Lipinski definition) is 2. The van der Waals surface area contributed by atoms with Crippen molar-refractivity contribution >= 4 is 26.7 Å². The third-order valence-electron chi connectivity index (χ3n) is 4.36. The van der Waals surface area contributed by atoms with Gasteiger partial charge in [0.2, 0.25) is 0 Å². The number of methoxy groups -OCH3 is 1. The molecule has 2 rings (SSSR count). The molecule has 7 heteroatoms. The molecule has 0 bridgehead atoms. The Morgan fingerprint density at radius 2 is 1.75 bits per heavy atom. The number of benzene rings is 2. The van der Waals surface area contributed by atoms with E-state index in [4.69, 9.17) is 9.47 Å². The molecular weight excluding hydrogens is 444 g/mol. The fraction of sp³-hybridized carbons (Fsp3) is 0.429. The van der Waals surface area contributed by atoms with Gasteiger partial charge in [-0.25, -0.2) is 0 Å². The summed E-state index contributed by atoms with van der Waals surface area (Å²) in [5.41, 5.74) is 0.698. The third kappa shape index (κ3) is 6.67. The van der Waals surface area contributed by atoms with Gasteiger partial charge in [0, 0.05) is 4.90 Å². The van der Waals surface area contributed by atoms with Crippen LogP contribution in [0.4, 0.5) is 0 Å². The zero-order chi connectivity index (χ0) is 20.7. The number of hydrogen-bond acceptors (Lipinski definition) is 5. The van der Waals surface area contributed by atoms with Gasteiger partial charge in [-0.2, -0.15) is 0 Å². The van der Waals surface area contributed by atoms with Crippen LogP contribution in [-0.4, -0.2) is 50.4 Å². The first-order chi connectivity index (χ1) is 13.2. The number of aryl methyl sites for hydroxylation is 1.